The van der Waals surface area contributed by atoms with Crippen LogP contribution in [0.5, 0.6) is 0 Å². The lowest BCUT2D eigenvalue weighted by Gasteiger charge is -2.15. The lowest BCUT2D eigenvalue weighted by Crippen LogP contribution is -2.13. The molecule has 1 aromatic rings. The minimum absolute atomic E-state index is 0.249. The molecule has 1 aromatic heterocycles. The van der Waals surface area contributed by atoms with E-state index in [4.69, 9.17) is 11.6 Å². The van der Waals surface area contributed by atoms with E-state index in [9.17, 15) is 0 Å². The maximum Gasteiger partial charge on any atom is 0.0310 e. The largest absolute Gasteiger partial charge is 0.307 e. The maximum absolute atomic E-state index is 5.67. The van der Waals surface area contributed by atoms with Crippen LogP contribution in [0.2, 0.25) is 0 Å². The summed E-state index contributed by atoms with van der Waals surface area (Å²) in [5.74, 6) is 0. The van der Waals surface area contributed by atoms with E-state index in [2.05, 4.69) is 44.8 Å². The highest BCUT2D eigenvalue weighted by molar-refractivity contribution is 7.12. The first-order valence-electron chi connectivity index (χ1n) is 5.03. The minimum Gasteiger partial charge on any atom is -0.307 e. The predicted octanol–water partition coefficient (Wildman–Crippen LogP) is 3.89. The molecule has 0 saturated heterocycles. The van der Waals surface area contributed by atoms with Crippen molar-refractivity contribution in [1.29, 1.82) is 0 Å². The third-order valence-electron chi connectivity index (χ3n) is 2.02. The molecular formula is C12H18ClNS. The summed E-state index contributed by atoms with van der Waals surface area (Å²) < 4.78 is 0. The molecule has 0 aliphatic heterocycles. The molecule has 1 nitrogen and oxygen atoms in total. The fourth-order valence-corrected chi connectivity index (χ4v) is 2.33. The average Bonchev–Trinajstić information content (AvgIpc) is 2.51. The van der Waals surface area contributed by atoms with Gasteiger partial charge in [-0.25, -0.2) is 0 Å². The van der Waals surface area contributed by atoms with E-state index in [1.165, 1.54) is 9.75 Å². The van der Waals surface area contributed by atoms with Crippen LogP contribution in [0.15, 0.2) is 23.7 Å². The molecule has 0 radical (unpaired) electrons. The highest BCUT2D eigenvalue weighted by Crippen LogP contribution is 2.29. The summed E-state index contributed by atoms with van der Waals surface area (Å²) in [6.45, 7) is 11.9. The van der Waals surface area contributed by atoms with Crippen LogP contribution >= 0.6 is 22.9 Å². The van der Waals surface area contributed by atoms with Gasteiger partial charge in [0.05, 0.1) is 0 Å². The Hall–Kier alpha value is -0.310. The highest BCUT2D eigenvalue weighted by Gasteiger charge is 2.15. The maximum atomic E-state index is 5.67. The van der Waals surface area contributed by atoms with Gasteiger partial charge in [0, 0.05) is 27.9 Å². The summed E-state index contributed by atoms with van der Waals surface area (Å²) in [5, 5.41) is 3.90. The van der Waals surface area contributed by atoms with Crippen LogP contribution in [-0.4, -0.2) is 6.54 Å². The second kappa shape index (κ2) is 5.15. The third kappa shape index (κ3) is 4.37. The molecule has 0 spiro atoms. The number of hydrogen-bond donors (Lipinski definition) is 1. The third-order valence-corrected chi connectivity index (χ3v) is 3.66. The fourth-order valence-electron chi connectivity index (χ4n) is 1.20. The number of halogens is 1. The van der Waals surface area contributed by atoms with Gasteiger partial charge in [-0.15, -0.1) is 11.3 Å². The zero-order valence-corrected chi connectivity index (χ0v) is 11.1. The van der Waals surface area contributed by atoms with Crippen molar-refractivity contribution < 1.29 is 0 Å². The molecule has 15 heavy (non-hydrogen) atoms. The summed E-state index contributed by atoms with van der Waals surface area (Å²) in [6.07, 6.45) is 0. The van der Waals surface area contributed by atoms with Gasteiger partial charge in [-0.2, -0.15) is 0 Å². The van der Waals surface area contributed by atoms with Crippen molar-refractivity contribution in [3.63, 3.8) is 0 Å². The Balaban J connectivity index is 2.50. The van der Waals surface area contributed by atoms with E-state index in [0.29, 0.717) is 11.6 Å². The SMILES string of the molecule is C=C(Cl)CNCc1ccc(C(C)(C)C)s1. The van der Waals surface area contributed by atoms with Gasteiger partial charge >= 0.3 is 0 Å². The average molecular weight is 244 g/mol. The molecular weight excluding hydrogens is 226 g/mol. The quantitative estimate of drug-likeness (QED) is 0.846. The zero-order valence-electron chi connectivity index (χ0n) is 9.56. The predicted molar refractivity (Wildman–Crippen MR) is 69.7 cm³/mol. The van der Waals surface area contributed by atoms with Gasteiger partial charge in [0.25, 0.3) is 0 Å². The van der Waals surface area contributed by atoms with Crippen LogP contribution in [0.25, 0.3) is 0 Å². The first-order chi connectivity index (χ1) is 6.89. The van der Waals surface area contributed by atoms with E-state index < -0.39 is 0 Å². The van der Waals surface area contributed by atoms with Crippen molar-refractivity contribution in [3.05, 3.63) is 33.5 Å². The molecule has 0 bridgehead atoms. The van der Waals surface area contributed by atoms with Gasteiger partial charge in [0.15, 0.2) is 0 Å². The molecule has 0 fully saturated rings. The molecule has 0 aliphatic carbocycles. The Labute approximate surface area is 101 Å². The van der Waals surface area contributed by atoms with E-state index in [1.54, 1.807) is 0 Å². The number of hydrogen-bond acceptors (Lipinski definition) is 2. The lowest BCUT2D eigenvalue weighted by molar-refractivity contribution is 0.604. The standard InChI is InChI=1S/C12H18ClNS/c1-9(13)7-14-8-10-5-6-11(15-10)12(2,3)4/h5-6,14H,1,7-8H2,2-4H3. The molecule has 84 valence electrons. The van der Waals surface area contributed by atoms with E-state index >= 15 is 0 Å². The Morgan fingerprint density at radius 1 is 1.47 bits per heavy atom. The molecule has 1 N–H and O–H groups in total. The molecule has 0 saturated carbocycles. The normalized spacial score (nSPS) is 11.7. The van der Waals surface area contributed by atoms with E-state index in [-0.39, 0.29) is 5.41 Å². The molecule has 0 atom stereocenters. The lowest BCUT2D eigenvalue weighted by atomic mass is 9.95. The van der Waals surface area contributed by atoms with Gasteiger partial charge in [0.2, 0.25) is 0 Å². The Bertz CT molecular complexity index is 336. The van der Waals surface area contributed by atoms with Gasteiger partial charge in [0.1, 0.15) is 0 Å². The van der Waals surface area contributed by atoms with Crippen molar-refractivity contribution in [1.82, 2.24) is 5.32 Å². The number of nitrogens with one attached hydrogen (secondary N) is 1. The van der Waals surface area contributed by atoms with Crippen molar-refractivity contribution in [2.75, 3.05) is 6.54 Å². The Morgan fingerprint density at radius 2 is 2.13 bits per heavy atom. The van der Waals surface area contributed by atoms with Crippen molar-refractivity contribution in [3.8, 4) is 0 Å². The first kappa shape index (κ1) is 12.8. The van der Waals surface area contributed by atoms with Crippen molar-refractivity contribution >= 4 is 22.9 Å². The van der Waals surface area contributed by atoms with E-state index in [1.807, 2.05) is 11.3 Å². The second-order valence-electron chi connectivity index (χ2n) is 4.64. The topological polar surface area (TPSA) is 12.0 Å². The second-order valence-corrected chi connectivity index (χ2v) is 6.34. The van der Waals surface area contributed by atoms with Crippen LogP contribution in [0.1, 0.15) is 30.5 Å². The molecule has 0 unspecified atom stereocenters. The highest BCUT2D eigenvalue weighted by atomic mass is 35.5. The van der Waals surface area contributed by atoms with Gasteiger partial charge in [-0.05, 0) is 17.5 Å². The van der Waals surface area contributed by atoms with E-state index in [0.717, 1.165) is 6.54 Å². The zero-order chi connectivity index (χ0) is 11.5. The smallest absolute Gasteiger partial charge is 0.0310 e. The van der Waals surface area contributed by atoms with Crippen molar-refractivity contribution in [2.24, 2.45) is 0 Å². The molecule has 0 aromatic carbocycles. The number of rotatable bonds is 4. The Kier molecular flexibility index (Phi) is 4.38. The summed E-state index contributed by atoms with van der Waals surface area (Å²) in [4.78, 5) is 2.77. The van der Waals surface area contributed by atoms with Gasteiger partial charge < -0.3 is 5.32 Å². The minimum atomic E-state index is 0.249. The van der Waals surface area contributed by atoms with Crippen LogP contribution in [0.4, 0.5) is 0 Å². The molecule has 0 amide bonds. The van der Waals surface area contributed by atoms with Crippen LogP contribution in [-0.2, 0) is 12.0 Å². The monoisotopic (exact) mass is 243 g/mol. The first-order valence-corrected chi connectivity index (χ1v) is 6.22. The summed E-state index contributed by atoms with van der Waals surface area (Å²) in [7, 11) is 0. The van der Waals surface area contributed by atoms with Crippen LogP contribution in [0.3, 0.4) is 0 Å². The van der Waals surface area contributed by atoms with Crippen molar-refractivity contribution in [2.45, 2.75) is 32.7 Å². The molecule has 1 heterocycles. The Morgan fingerprint density at radius 3 is 2.60 bits per heavy atom. The van der Waals surface area contributed by atoms with Gasteiger partial charge in [-0.3, -0.25) is 0 Å². The molecule has 0 aliphatic rings. The summed E-state index contributed by atoms with van der Waals surface area (Å²) >= 11 is 7.52. The number of thiophene rings is 1. The fraction of sp³-hybridized carbons (Fsp3) is 0.500. The molecule has 1 rings (SSSR count). The van der Waals surface area contributed by atoms with Gasteiger partial charge in [-0.1, -0.05) is 39.0 Å². The van der Waals surface area contributed by atoms with Crippen LogP contribution in [0, 0.1) is 0 Å². The summed E-state index contributed by atoms with van der Waals surface area (Å²) in [5.41, 5.74) is 0.249. The van der Waals surface area contributed by atoms with Crippen LogP contribution < -0.4 is 5.32 Å². The molecule has 3 heteroatoms. The summed E-state index contributed by atoms with van der Waals surface area (Å²) in [6, 6.07) is 4.38.